The van der Waals surface area contributed by atoms with Crippen LogP contribution in [0.2, 0.25) is 0 Å². The third-order valence-corrected chi connectivity index (χ3v) is 14.3. The summed E-state index contributed by atoms with van der Waals surface area (Å²) in [4.78, 5) is 41.8. The van der Waals surface area contributed by atoms with Crippen LogP contribution in [0.25, 0.3) is 0 Å². The first-order chi connectivity index (χ1) is 21.0. The van der Waals surface area contributed by atoms with Crippen LogP contribution in [0.15, 0.2) is 0 Å². The summed E-state index contributed by atoms with van der Waals surface area (Å²) in [5.74, 6) is 3.35. The van der Waals surface area contributed by atoms with E-state index in [4.69, 9.17) is 9.47 Å². The molecule has 0 aromatic carbocycles. The Morgan fingerprint density at radius 1 is 1.00 bits per heavy atom. The number of Topliss-reactive ketones (excluding diaryl/α,β-unsaturated/α-hetero) is 1. The van der Waals surface area contributed by atoms with E-state index in [-0.39, 0.29) is 46.9 Å². The number of piperidine rings is 1. The molecule has 0 aromatic rings. The second-order valence-electron chi connectivity index (χ2n) is 16.4. The Morgan fingerprint density at radius 2 is 1.80 bits per heavy atom. The molecule has 44 heavy (non-hydrogen) atoms. The lowest BCUT2D eigenvalue weighted by molar-refractivity contribution is -0.160. The molecule has 0 aromatic heterocycles. The van der Waals surface area contributed by atoms with Crippen LogP contribution in [0.5, 0.6) is 0 Å². The van der Waals surface area contributed by atoms with Crippen LogP contribution < -0.4 is 16.0 Å². The lowest BCUT2D eigenvalue weighted by atomic mass is 9.44. The van der Waals surface area contributed by atoms with Crippen molar-refractivity contribution >= 4 is 17.6 Å². The van der Waals surface area contributed by atoms with Gasteiger partial charge in [-0.15, -0.1) is 0 Å². The first kappa shape index (κ1) is 31.1. The highest BCUT2D eigenvalue weighted by Gasteiger charge is 2.71. The molecule has 4 aliphatic carbocycles. The molecule has 3 heterocycles. The first-order valence-corrected chi connectivity index (χ1v) is 17.9. The second-order valence-corrected chi connectivity index (χ2v) is 16.4. The normalized spacial score (nSPS) is 48.6. The van der Waals surface area contributed by atoms with E-state index < -0.39 is 0 Å². The molecule has 3 N–H and O–H groups in total. The fraction of sp³-hybridized carbons (Fsp3) is 0.914. The van der Waals surface area contributed by atoms with E-state index in [0.29, 0.717) is 73.5 Å². The van der Waals surface area contributed by atoms with Gasteiger partial charge in [-0.25, -0.2) is 0 Å². The number of nitrogens with zero attached hydrogens (tertiary/aromatic N) is 1. The van der Waals surface area contributed by atoms with Crippen molar-refractivity contribution in [3.63, 3.8) is 0 Å². The Labute approximate surface area is 263 Å². The maximum atomic E-state index is 14.4. The summed E-state index contributed by atoms with van der Waals surface area (Å²) in [6.45, 7) is 13.9. The zero-order valence-electron chi connectivity index (χ0n) is 27.5. The summed E-state index contributed by atoms with van der Waals surface area (Å²) in [6, 6.07) is 0.107. The van der Waals surface area contributed by atoms with Crippen LogP contribution in [-0.4, -0.2) is 79.9 Å². The highest BCUT2D eigenvalue weighted by molar-refractivity contribution is 5.97. The maximum Gasteiger partial charge on any atom is 0.230 e. The number of morpholine rings is 1. The number of carbonyl (C=O) groups is 3. The Morgan fingerprint density at radius 3 is 2.55 bits per heavy atom. The van der Waals surface area contributed by atoms with Gasteiger partial charge in [0.25, 0.3) is 0 Å². The predicted octanol–water partition coefficient (Wildman–Crippen LogP) is 3.47. The smallest absolute Gasteiger partial charge is 0.230 e. The molecule has 7 rings (SSSR count). The van der Waals surface area contributed by atoms with E-state index >= 15 is 0 Å². The molecule has 7 fully saturated rings. The number of fused-ring (bicyclic) bond motifs is 7. The number of ketones is 1. The Balaban J connectivity index is 0.965. The second kappa shape index (κ2) is 11.6. The molecule has 0 bridgehead atoms. The number of nitrogens with one attached hydrogen (secondary N) is 3. The van der Waals surface area contributed by atoms with Gasteiger partial charge in [-0.05, 0) is 86.4 Å². The molecule has 3 saturated heterocycles. The van der Waals surface area contributed by atoms with Crippen LogP contribution in [0, 0.1) is 52.3 Å². The average Bonchev–Trinajstić information content (AvgIpc) is 3.45. The molecule has 246 valence electrons. The van der Waals surface area contributed by atoms with Gasteiger partial charge in [0.1, 0.15) is 17.9 Å². The lowest BCUT2D eigenvalue weighted by Gasteiger charge is -2.60. The van der Waals surface area contributed by atoms with Gasteiger partial charge in [0.2, 0.25) is 11.8 Å². The van der Waals surface area contributed by atoms with E-state index in [9.17, 15) is 14.4 Å². The Bertz CT molecular complexity index is 1130. The average molecular weight is 613 g/mol. The minimum absolute atomic E-state index is 0.107. The SMILES string of the molecule is C[C@@H]1CC[C@@]2(NC1)O[C@H]1C[C@H]3[C@@H]4CC[C@H]5C[C@@H](NC(=O)CC(=O)NCN6CCOCC6)CC[C@]5(C)[C@H]4CC(=O)[C@]3(C)[C@H]1[C@@H]2C. The number of hydrogen-bond donors (Lipinski definition) is 3. The van der Waals surface area contributed by atoms with Gasteiger partial charge >= 0.3 is 0 Å². The van der Waals surface area contributed by atoms with Gasteiger partial charge in [-0.3, -0.25) is 24.6 Å². The van der Waals surface area contributed by atoms with Crippen LogP contribution in [0.1, 0.15) is 91.9 Å². The Kier molecular flexibility index (Phi) is 8.19. The van der Waals surface area contributed by atoms with Gasteiger partial charge in [-0.1, -0.05) is 27.7 Å². The Hall–Kier alpha value is -1.55. The number of amides is 2. The van der Waals surface area contributed by atoms with Gasteiger partial charge in [0.15, 0.2) is 0 Å². The minimum Gasteiger partial charge on any atom is -0.379 e. The van der Waals surface area contributed by atoms with Crippen LogP contribution in [-0.2, 0) is 23.9 Å². The minimum atomic E-state index is -0.282. The monoisotopic (exact) mass is 612 g/mol. The summed E-state index contributed by atoms with van der Waals surface area (Å²) < 4.78 is 12.3. The summed E-state index contributed by atoms with van der Waals surface area (Å²) in [5.41, 5.74) is -0.401. The maximum absolute atomic E-state index is 14.4. The van der Waals surface area contributed by atoms with Crippen molar-refractivity contribution in [1.82, 2.24) is 20.9 Å². The van der Waals surface area contributed by atoms with Gasteiger partial charge in [0, 0.05) is 49.3 Å². The molecule has 0 radical (unpaired) electrons. The number of hydrogen-bond acceptors (Lipinski definition) is 7. The third-order valence-electron chi connectivity index (χ3n) is 14.3. The van der Waals surface area contributed by atoms with Crippen LogP contribution in [0.3, 0.4) is 0 Å². The molecule has 3 aliphatic heterocycles. The molecule has 9 nitrogen and oxygen atoms in total. The van der Waals surface area contributed by atoms with E-state index in [1.165, 1.54) is 19.3 Å². The van der Waals surface area contributed by atoms with E-state index in [0.717, 1.165) is 51.7 Å². The molecule has 7 aliphatic rings. The molecule has 12 atom stereocenters. The van der Waals surface area contributed by atoms with Crippen molar-refractivity contribution in [2.24, 2.45) is 52.3 Å². The first-order valence-electron chi connectivity index (χ1n) is 17.9. The topological polar surface area (TPSA) is 109 Å². The molecule has 0 unspecified atom stereocenters. The zero-order chi connectivity index (χ0) is 30.9. The van der Waals surface area contributed by atoms with Gasteiger partial charge in [0.05, 0.1) is 26.0 Å². The van der Waals surface area contributed by atoms with Crippen LogP contribution >= 0.6 is 0 Å². The third kappa shape index (κ3) is 5.07. The van der Waals surface area contributed by atoms with Crippen LogP contribution in [0.4, 0.5) is 0 Å². The van der Waals surface area contributed by atoms with Crippen molar-refractivity contribution < 1.29 is 23.9 Å². The number of carbonyl (C=O) groups excluding carboxylic acids is 3. The van der Waals surface area contributed by atoms with Gasteiger partial charge < -0.3 is 20.1 Å². The molecule has 4 saturated carbocycles. The molecular weight excluding hydrogens is 556 g/mol. The zero-order valence-corrected chi connectivity index (χ0v) is 27.5. The van der Waals surface area contributed by atoms with E-state index in [1.807, 2.05) is 0 Å². The fourth-order valence-corrected chi connectivity index (χ4v) is 11.7. The number of rotatable bonds is 5. The quantitative estimate of drug-likeness (QED) is 0.408. The lowest BCUT2D eigenvalue weighted by Crippen LogP contribution is -2.60. The number of ether oxygens (including phenoxy) is 2. The van der Waals surface area contributed by atoms with Crippen molar-refractivity contribution in [2.75, 3.05) is 39.5 Å². The van der Waals surface area contributed by atoms with Crippen molar-refractivity contribution in [1.29, 1.82) is 0 Å². The molecule has 1 spiro atoms. The molecule has 2 amide bonds. The molecule has 9 heteroatoms. The standard InChI is InChI=1S/C35H56N4O5/c1-21-7-10-35(37-19-21)22(2)32-28(44-35)16-27-25-6-5-23-15-24(8-9-33(23,3)26(25)17-29(40)34(27,32)4)38-31(42)18-30(41)36-20-39-11-13-43-14-12-39/h21-28,32,37H,5-20H2,1-4H3,(H,36,41)(H,38,42)/t21-,22+,23+,24+,25-,26+,27+,28+,32+,33+,34-,35-/m1/s1. The van der Waals surface area contributed by atoms with E-state index in [2.05, 4.69) is 48.5 Å². The van der Waals surface area contributed by atoms with Crippen molar-refractivity contribution in [3.05, 3.63) is 0 Å². The summed E-state index contributed by atoms with van der Waals surface area (Å²) >= 11 is 0. The molecular formula is C35H56N4O5. The summed E-state index contributed by atoms with van der Waals surface area (Å²) in [7, 11) is 0. The highest BCUT2D eigenvalue weighted by Crippen LogP contribution is 2.70. The predicted molar refractivity (Wildman–Crippen MR) is 166 cm³/mol. The fourth-order valence-electron chi connectivity index (χ4n) is 11.7. The summed E-state index contributed by atoms with van der Waals surface area (Å²) in [6.07, 6.45) is 9.31. The largest absolute Gasteiger partial charge is 0.379 e. The highest BCUT2D eigenvalue weighted by atomic mass is 16.5. The van der Waals surface area contributed by atoms with E-state index in [1.54, 1.807) is 0 Å². The van der Waals surface area contributed by atoms with Crippen molar-refractivity contribution in [2.45, 2.75) is 110 Å². The van der Waals surface area contributed by atoms with Crippen molar-refractivity contribution in [3.8, 4) is 0 Å². The van der Waals surface area contributed by atoms with Gasteiger partial charge in [-0.2, -0.15) is 0 Å². The summed E-state index contributed by atoms with van der Waals surface area (Å²) in [5, 5.41) is 9.90.